The third kappa shape index (κ3) is 5.27. The molecule has 1 unspecified atom stereocenters. The number of unbranched alkanes of at least 4 members (excludes halogenated alkanes) is 2. The van der Waals surface area contributed by atoms with E-state index in [1.54, 1.807) is 6.20 Å². The van der Waals surface area contributed by atoms with Gasteiger partial charge in [0.25, 0.3) is 5.56 Å². The molecule has 0 aromatic carbocycles. The Balaban J connectivity index is 2.72. The van der Waals surface area contributed by atoms with Crippen LogP contribution in [0.25, 0.3) is 0 Å². The molecule has 20 heavy (non-hydrogen) atoms. The van der Waals surface area contributed by atoms with Crippen LogP contribution in [0.5, 0.6) is 0 Å². The van der Waals surface area contributed by atoms with Crippen LogP contribution in [-0.2, 0) is 6.54 Å². The SMILES string of the molecule is CCCCCC(C)Nc1cnn(CC(C)C)c(=O)c1Br. The normalized spacial score (nSPS) is 12.7. The molecular formula is C15H26BrN3O. The van der Waals surface area contributed by atoms with Crippen LogP contribution in [0.4, 0.5) is 5.69 Å². The van der Waals surface area contributed by atoms with Crippen LogP contribution in [0, 0.1) is 5.92 Å². The predicted molar refractivity (Wildman–Crippen MR) is 88.3 cm³/mol. The maximum Gasteiger partial charge on any atom is 0.283 e. The Morgan fingerprint density at radius 3 is 2.65 bits per heavy atom. The van der Waals surface area contributed by atoms with Gasteiger partial charge in [-0.2, -0.15) is 5.10 Å². The minimum atomic E-state index is -0.0653. The van der Waals surface area contributed by atoms with E-state index in [1.165, 1.54) is 23.9 Å². The van der Waals surface area contributed by atoms with Gasteiger partial charge in [0, 0.05) is 12.6 Å². The number of nitrogens with zero attached hydrogens (tertiary/aromatic N) is 2. The zero-order chi connectivity index (χ0) is 15.1. The van der Waals surface area contributed by atoms with Crippen LogP contribution >= 0.6 is 15.9 Å². The lowest BCUT2D eigenvalue weighted by molar-refractivity contribution is 0.462. The third-order valence-corrected chi connectivity index (χ3v) is 3.93. The maximum absolute atomic E-state index is 12.2. The molecule has 0 aliphatic heterocycles. The number of hydrogen-bond donors (Lipinski definition) is 1. The predicted octanol–water partition coefficient (Wildman–Crippen LogP) is 4.04. The summed E-state index contributed by atoms with van der Waals surface area (Å²) in [5.41, 5.74) is 0.725. The number of anilines is 1. The van der Waals surface area contributed by atoms with Crippen molar-refractivity contribution in [2.75, 3.05) is 5.32 Å². The van der Waals surface area contributed by atoms with Crippen molar-refractivity contribution >= 4 is 21.6 Å². The molecule has 1 aromatic rings. The van der Waals surface area contributed by atoms with Gasteiger partial charge in [-0.1, -0.05) is 40.0 Å². The summed E-state index contributed by atoms with van der Waals surface area (Å²) in [5.74, 6) is 0.402. The standard InChI is InChI=1S/C15H26BrN3O/c1-5-6-7-8-12(4)18-13-9-17-19(10-11(2)3)15(20)14(13)16/h9,11-12,18H,5-8,10H2,1-4H3. The highest BCUT2D eigenvalue weighted by Crippen LogP contribution is 2.18. The van der Waals surface area contributed by atoms with E-state index in [-0.39, 0.29) is 5.56 Å². The van der Waals surface area contributed by atoms with Crippen LogP contribution in [0.15, 0.2) is 15.5 Å². The summed E-state index contributed by atoms with van der Waals surface area (Å²) >= 11 is 3.40. The van der Waals surface area contributed by atoms with Gasteiger partial charge in [-0.25, -0.2) is 4.68 Å². The number of hydrogen-bond acceptors (Lipinski definition) is 3. The Morgan fingerprint density at radius 1 is 1.35 bits per heavy atom. The van der Waals surface area contributed by atoms with E-state index in [0.29, 0.717) is 23.0 Å². The molecule has 0 radical (unpaired) electrons. The summed E-state index contributed by atoms with van der Waals surface area (Å²) in [4.78, 5) is 12.2. The second-order valence-electron chi connectivity index (χ2n) is 5.79. The van der Waals surface area contributed by atoms with E-state index in [9.17, 15) is 4.79 Å². The lowest BCUT2D eigenvalue weighted by Crippen LogP contribution is -2.27. The fraction of sp³-hybridized carbons (Fsp3) is 0.733. The first-order chi connectivity index (χ1) is 9.45. The smallest absolute Gasteiger partial charge is 0.283 e. The van der Waals surface area contributed by atoms with Crippen LogP contribution in [0.1, 0.15) is 53.4 Å². The Morgan fingerprint density at radius 2 is 2.05 bits per heavy atom. The van der Waals surface area contributed by atoms with Crippen LogP contribution < -0.4 is 10.9 Å². The Bertz CT molecular complexity index is 471. The maximum atomic E-state index is 12.2. The molecule has 1 N–H and O–H groups in total. The second-order valence-corrected chi connectivity index (χ2v) is 6.59. The lowest BCUT2D eigenvalue weighted by atomic mass is 10.1. The van der Waals surface area contributed by atoms with Gasteiger partial charge in [0.1, 0.15) is 4.47 Å². The van der Waals surface area contributed by atoms with E-state index in [0.717, 1.165) is 12.1 Å². The topological polar surface area (TPSA) is 46.9 Å². The minimum Gasteiger partial charge on any atom is -0.380 e. The number of rotatable bonds is 8. The first-order valence-corrected chi connectivity index (χ1v) is 8.27. The van der Waals surface area contributed by atoms with Crippen LogP contribution in [0.3, 0.4) is 0 Å². The highest BCUT2D eigenvalue weighted by molar-refractivity contribution is 9.10. The molecule has 114 valence electrons. The van der Waals surface area contributed by atoms with E-state index in [4.69, 9.17) is 0 Å². The molecule has 0 fully saturated rings. The molecule has 0 spiro atoms. The molecule has 1 heterocycles. The van der Waals surface area contributed by atoms with Crippen molar-refractivity contribution in [1.29, 1.82) is 0 Å². The molecule has 0 saturated carbocycles. The average molecular weight is 344 g/mol. The second kappa shape index (κ2) is 8.45. The van der Waals surface area contributed by atoms with Crippen molar-refractivity contribution < 1.29 is 0 Å². The summed E-state index contributed by atoms with van der Waals surface area (Å²) in [6, 6.07) is 0.347. The highest BCUT2D eigenvalue weighted by atomic mass is 79.9. The summed E-state index contributed by atoms with van der Waals surface area (Å²) in [7, 11) is 0. The summed E-state index contributed by atoms with van der Waals surface area (Å²) in [5, 5.41) is 7.61. The summed E-state index contributed by atoms with van der Waals surface area (Å²) in [6.45, 7) is 9.13. The largest absolute Gasteiger partial charge is 0.380 e. The third-order valence-electron chi connectivity index (χ3n) is 3.17. The number of halogens is 1. The molecule has 0 aliphatic carbocycles. The van der Waals surface area contributed by atoms with Gasteiger partial charge in [-0.05, 0) is 35.2 Å². The van der Waals surface area contributed by atoms with Crippen molar-refractivity contribution in [2.24, 2.45) is 5.92 Å². The van der Waals surface area contributed by atoms with Crippen LogP contribution in [0.2, 0.25) is 0 Å². The van der Waals surface area contributed by atoms with Gasteiger partial charge < -0.3 is 5.32 Å². The van der Waals surface area contributed by atoms with Gasteiger partial charge in [0.05, 0.1) is 11.9 Å². The van der Waals surface area contributed by atoms with E-state index >= 15 is 0 Å². The molecule has 5 heteroatoms. The van der Waals surface area contributed by atoms with Gasteiger partial charge >= 0.3 is 0 Å². The van der Waals surface area contributed by atoms with Crippen molar-refractivity contribution in [3.8, 4) is 0 Å². The van der Waals surface area contributed by atoms with Crippen LogP contribution in [-0.4, -0.2) is 15.8 Å². The molecule has 1 atom stereocenters. The highest BCUT2D eigenvalue weighted by Gasteiger charge is 2.11. The molecule has 0 aliphatic rings. The molecular weight excluding hydrogens is 318 g/mol. The van der Waals surface area contributed by atoms with Gasteiger partial charge in [-0.15, -0.1) is 0 Å². The van der Waals surface area contributed by atoms with Crippen molar-refractivity contribution in [3.05, 3.63) is 21.0 Å². The zero-order valence-electron chi connectivity index (χ0n) is 12.9. The molecule has 1 aromatic heterocycles. The van der Waals surface area contributed by atoms with Crippen molar-refractivity contribution in [2.45, 2.75) is 66.0 Å². The summed E-state index contributed by atoms with van der Waals surface area (Å²) < 4.78 is 2.09. The van der Waals surface area contributed by atoms with Gasteiger partial charge in [0.15, 0.2) is 0 Å². The average Bonchev–Trinajstić information content (AvgIpc) is 2.38. The Kier molecular flexibility index (Phi) is 7.27. The van der Waals surface area contributed by atoms with E-state index in [2.05, 4.69) is 54.0 Å². The molecule has 0 amide bonds. The fourth-order valence-corrected chi connectivity index (χ4v) is 2.50. The lowest BCUT2D eigenvalue weighted by Gasteiger charge is -2.17. The summed E-state index contributed by atoms with van der Waals surface area (Å²) in [6.07, 6.45) is 6.53. The molecule has 0 bridgehead atoms. The monoisotopic (exact) mass is 343 g/mol. The zero-order valence-corrected chi connectivity index (χ0v) is 14.5. The minimum absolute atomic E-state index is 0.0653. The number of nitrogens with one attached hydrogen (secondary N) is 1. The van der Waals surface area contributed by atoms with E-state index in [1.807, 2.05) is 0 Å². The molecule has 0 saturated heterocycles. The fourth-order valence-electron chi connectivity index (χ4n) is 2.08. The molecule has 1 rings (SSSR count). The first-order valence-electron chi connectivity index (χ1n) is 7.47. The van der Waals surface area contributed by atoms with E-state index < -0.39 is 0 Å². The van der Waals surface area contributed by atoms with Gasteiger partial charge in [-0.3, -0.25) is 4.79 Å². The first kappa shape index (κ1) is 17.2. The molecule has 4 nitrogen and oxygen atoms in total. The Hall–Kier alpha value is -0.840. The number of aromatic nitrogens is 2. The Labute approximate surface area is 130 Å². The quantitative estimate of drug-likeness (QED) is 0.724. The van der Waals surface area contributed by atoms with Crippen molar-refractivity contribution in [3.63, 3.8) is 0 Å². The van der Waals surface area contributed by atoms with Crippen molar-refractivity contribution in [1.82, 2.24) is 9.78 Å². The van der Waals surface area contributed by atoms with Gasteiger partial charge in [0.2, 0.25) is 0 Å².